The second-order valence-electron chi connectivity index (χ2n) is 7.34. The van der Waals surface area contributed by atoms with E-state index in [9.17, 15) is 0 Å². The minimum absolute atomic E-state index is 0. The Morgan fingerprint density at radius 3 is 2.82 bits per heavy atom. The van der Waals surface area contributed by atoms with Crippen LogP contribution in [0.1, 0.15) is 37.1 Å². The summed E-state index contributed by atoms with van der Waals surface area (Å²) in [5.41, 5.74) is 4.51. The molecule has 148 valence electrons. The molecule has 5 nitrogen and oxygen atoms in total. The molecule has 0 spiro atoms. The van der Waals surface area contributed by atoms with Crippen LogP contribution in [0, 0.1) is 6.92 Å². The lowest BCUT2D eigenvalue weighted by Gasteiger charge is -2.26. The maximum atomic E-state index is 4.90. The third kappa shape index (κ3) is 3.53. The molecular formula is C21H25ClN4OS. The summed E-state index contributed by atoms with van der Waals surface area (Å²) in [4.78, 5) is 14.4. The average Bonchev–Trinajstić information content (AvgIpc) is 3.22. The van der Waals surface area contributed by atoms with Crippen LogP contribution in [-0.2, 0) is 0 Å². The van der Waals surface area contributed by atoms with Crippen LogP contribution in [0.4, 0.5) is 0 Å². The van der Waals surface area contributed by atoms with Gasteiger partial charge in [0.05, 0.1) is 27.8 Å². The topological polar surface area (TPSA) is 85.1 Å². The Bertz CT molecular complexity index is 1110. The van der Waals surface area contributed by atoms with E-state index in [2.05, 4.69) is 59.5 Å². The van der Waals surface area contributed by atoms with Crippen molar-refractivity contribution in [2.75, 3.05) is 6.54 Å². The first-order valence-corrected chi connectivity index (χ1v) is 10.1. The predicted octanol–water partition coefficient (Wildman–Crippen LogP) is 4.60. The second kappa shape index (κ2) is 8.17. The van der Waals surface area contributed by atoms with E-state index in [0.29, 0.717) is 12.0 Å². The molecule has 0 amide bonds. The van der Waals surface area contributed by atoms with Crippen LogP contribution < -0.4 is 5.32 Å². The van der Waals surface area contributed by atoms with Crippen molar-refractivity contribution in [3.05, 3.63) is 47.9 Å². The van der Waals surface area contributed by atoms with Crippen molar-refractivity contribution < 1.29 is 5.48 Å². The van der Waals surface area contributed by atoms with E-state index in [1.165, 1.54) is 20.5 Å². The summed E-state index contributed by atoms with van der Waals surface area (Å²) in [6.45, 7) is 5.49. The van der Waals surface area contributed by atoms with Crippen LogP contribution in [0.3, 0.4) is 0 Å². The van der Waals surface area contributed by atoms with Gasteiger partial charge in [-0.2, -0.15) is 0 Å². The number of aryl methyl sites for hydroxylation is 1. The van der Waals surface area contributed by atoms with Crippen LogP contribution in [0.25, 0.3) is 31.7 Å². The van der Waals surface area contributed by atoms with Crippen LogP contribution in [0.15, 0.2) is 36.5 Å². The molecule has 1 aliphatic heterocycles. The Morgan fingerprint density at radius 1 is 1.21 bits per heavy atom. The number of rotatable bonds is 2. The number of aromatic amines is 1. The van der Waals surface area contributed by atoms with Crippen molar-refractivity contribution in [2.24, 2.45) is 0 Å². The number of hydrogen-bond donors (Lipinski definition) is 2. The summed E-state index contributed by atoms with van der Waals surface area (Å²) in [5.74, 6) is 1.45. The summed E-state index contributed by atoms with van der Waals surface area (Å²) >= 11 is 1.84. The van der Waals surface area contributed by atoms with E-state index in [1.807, 2.05) is 17.5 Å². The molecule has 1 saturated heterocycles. The van der Waals surface area contributed by atoms with E-state index < -0.39 is 0 Å². The molecule has 7 heteroatoms. The zero-order valence-electron chi connectivity index (χ0n) is 16.0. The zero-order valence-corrected chi connectivity index (χ0v) is 17.6. The smallest absolute Gasteiger partial charge is 0.132 e. The predicted molar refractivity (Wildman–Crippen MR) is 120 cm³/mol. The molecule has 4 aromatic rings. The average molecular weight is 417 g/mol. The van der Waals surface area contributed by atoms with Crippen molar-refractivity contribution in [3.8, 4) is 10.6 Å². The van der Waals surface area contributed by atoms with Crippen molar-refractivity contribution in [2.45, 2.75) is 38.6 Å². The number of fused-ring (bicyclic) bond motifs is 2. The lowest BCUT2D eigenvalue weighted by molar-refractivity contribution is 0.371. The number of H-pyrrole nitrogens is 1. The third-order valence-electron chi connectivity index (χ3n) is 5.46. The molecule has 0 aliphatic carbocycles. The number of piperidine rings is 1. The van der Waals surface area contributed by atoms with Crippen molar-refractivity contribution >= 4 is 44.9 Å². The first kappa shape index (κ1) is 20.7. The normalized spacial score (nSPS) is 19.4. The minimum Gasteiger partial charge on any atom is -0.412 e. The van der Waals surface area contributed by atoms with Gasteiger partial charge in [-0.1, -0.05) is 18.2 Å². The van der Waals surface area contributed by atoms with E-state index in [4.69, 9.17) is 4.98 Å². The molecule has 1 aliphatic rings. The summed E-state index contributed by atoms with van der Waals surface area (Å²) in [7, 11) is 0. The third-order valence-corrected chi connectivity index (χ3v) is 6.77. The molecule has 5 rings (SSSR count). The molecule has 1 fully saturated rings. The number of hydrogen-bond acceptors (Lipinski definition) is 4. The fraction of sp³-hybridized carbons (Fsp3) is 0.333. The molecule has 2 atom stereocenters. The first-order valence-electron chi connectivity index (χ1n) is 9.26. The van der Waals surface area contributed by atoms with E-state index in [1.54, 1.807) is 0 Å². The Balaban J connectivity index is 0.00000112. The standard InChI is InChI=1S/C21H22N4S.ClH.H2O/c1-12-9-14(7-8-22-12)21-23-11-18-16(25-21)10-17(24-18)20-13(2)15-5-3-4-6-19(15)26-20;;/h3-6,10-12,14,22,24H,7-9H2,1-2H3;1H;1H2. The summed E-state index contributed by atoms with van der Waals surface area (Å²) < 4.78 is 1.33. The van der Waals surface area contributed by atoms with E-state index in [0.717, 1.165) is 41.9 Å². The monoisotopic (exact) mass is 416 g/mol. The first-order chi connectivity index (χ1) is 12.7. The molecule has 0 radical (unpaired) electrons. The maximum absolute atomic E-state index is 4.90. The Kier molecular flexibility index (Phi) is 6.05. The van der Waals surface area contributed by atoms with Gasteiger partial charge in [-0.3, -0.25) is 0 Å². The van der Waals surface area contributed by atoms with Gasteiger partial charge in [0.1, 0.15) is 5.82 Å². The van der Waals surface area contributed by atoms with Gasteiger partial charge in [0.15, 0.2) is 0 Å². The molecule has 28 heavy (non-hydrogen) atoms. The minimum atomic E-state index is 0. The van der Waals surface area contributed by atoms with Crippen molar-refractivity contribution in [1.29, 1.82) is 0 Å². The fourth-order valence-electron chi connectivity index (χ4n) is 4.05. The molecule has 1 aromatic carbocycles. The number of benzene rings is 1. The summed E-state index contributed by atoms with van der Waals surface area (Å²) in [6, 6.07) is 11.3. The number of nitrogens with one attached hydrogen (secondary N) is 2. The molecule has 4 heterocycles. The molecule has 2 unspecified atom stereocenters. The highest BCUT2D eigenvalue weighted by atomic mass is 35.5. The maximum Gasteiger partial charge on any atom is 0.132 e. The molecular weight excluding hydrogens is 392 g/mol. The lowest BCUT2D eigenvalue weighted by Crippen LogP contribution is -2.35. The SMILES string of the molecule is Cc1c(-c2cc3nc(C4CCNC(C)C4)ncc3[nH]2)sc2ccccc12.Cl.O. The Morgan fingerprint density at radius 2 is 2.04 bits per heavy atom. The highest BCUT2D eigenvalue weighted by molar-refractivity contribution is 7.22. The van der Waals surface area contributed by atoms with Crippen LogP contribution in [0.2, 0.25) is 0 Å². The van der Waals surface area contributed by atoms with Gasteiger partial charge in [0.25, 0.3) is 0 Å². The van der Waals surface area contributed by atoms with E-state index >= 15 is 0 Å². The molecule has 0 bridgehead atoms. The number of thiophene rings is 1. The van der Waals surface area contributed by atoms with Crippen LogP contribution >= 0.6 is 23.7 Å². The summed E-state index contributed by atoms with van der Waals surface area (Å²) in [5, 5.41) is 4.84. The fourth-order valence-corrected chi connectivity index (χ4v) is 5.23. The van der Waals surface area contributed by atoms with E-state index in [-0.39, 0.29) is 17.9 Å². The highest BCUT2D eigenvalue weighted by Crippen LogP contribution is 2.38. The quantitative estimate of drug-likeness (QED) is 0.500. The Labute approximate surface area is 174 Å². The lowest BCUT2D eigenvalue weighted by atomic mass is 9.92. The zero-order chi connectivity index (χ0) is 17.7. The van der Waals surface area contributed by atoms with Gasteiger partial charge in [-0.05, 0) is 56.3 Å². The van der Waals surface area contributed by atoms with Crippen LogP contribution in [0.5, 0.6) is 0 Å². The van der Waals surface area contributed by atoms with Gasteiger partial charge in [0.2, 0.25) is 0 Å². The highest BCUT2D eigenvalue weighted by Gasteiger charge is 2.22. The number of aromatic nitrogens is 3. The second-order valence-corrected chi connectivity index (χ2v) is 8.39. The molecule has 0 saturated carbocycles. The van der Waals surface area contributed by atoms with Gasteiger partial charge in [-0.15, -0.1) is 23.7 Å². The molecule has 4 N–H and O–H groups in total. The van der Waals surface area contributed by atoms with Gasteiger partial charge in [0, 0.05) is 16.7 Å². The number of nitrogens with zero attached hydrogens (tertiary/aromatic N) is 2. The van der Waals surface area contributed by atoms with Crippen molar-refractivity contribution in [3.63, 3.8) is 0 Å². The largest absolute Gasteiger partial charge is 0.412 e. The Hall–Kier alpha value is -1.99. The van der Waals surface area contributed by atoms with Gasteiger partial charge >= 0.3 is 0 Å². The van der Waals surface area contributed by atoms with Crippen molar-refractivity contribution in [1.82, 2.24) is 20.3 Å². The molecule has 3 aromatic heterocycles. The van der Waals surface area contributed by atoms with Gasteiger partial charge < -0.3 is 15.8 Å². The van der Waals surface area contributed by atoms with Crippen LogP contribution in [-0.4, -0.2) is 33.0 Å². The summed E-state index contributed by atoms with van der Waals surface area (Å²) in [6.07, 6.45) is 4.18. The number of halogens is 1. The van der Waals surface area contributed by atoms with Gasteiger partial charge in [-0.25, -0.2) is 9.97 Å².